The maximum Gasteiger partial charge on any atom is 0.0725 e. The highest BCUT2D eigenvalue weighted by Crippen LogP contribution is 2.39. The average Bonchev–Trinajstić information content (AvgIpc) is 2.80. The molecule has 4 heteroatoms. The molecule has 1 saturated heterocycles. The van der Waals surface area contributed by atoms with E-state index in [1.165, 1.54) is 37.1 Å². The van der Waals surface area contributed by atoms with Crippen molar-refractivity contribution >= 4 is 0 Å². The first-order valence-corrected chi connectivity index (χ1v) is 8.36. The molecule has 0 amide bonds. The van der Waals surface area contributed by atoms with Crippen LogP contribution in [0.1, 0.15) is 64.3 Å². The van der Waals surface area contributed by atoms with E-state index >= 15 is 0 Å². The lowest BCUT2D eigenvalue weighted by atomic mass is 9.80. The molecule has 0 saturated carbocycles. The Balaban J connectivity index is 2.43. The van der Waals surface area contributed by atoms with Crippen LogP contribution in [-0.4, -0.2) is 34.3 Å². The molecule has 4 nitrogen and oxygen atoms in total. The SMILES string of the molecule is CCCN1CCCC(CN)C1c1cn(C)nc1C(C)(C)C. The number of hydrogen-bond donors (Lipinski definition) is 1. The predicted octanol–water partition coefficient (Wildman–Crippen LogP) is 2.84. The predicted molar refractivity (Wildman–Crippen MR) is 88.3 cm³/mol. The fraction of sp³-hybridized carbons (Fsp3) is 0.824. The van der Waals surface area contributed by atoms with E-state index in [2.05, 4.69) is 38.8 Å². The van der Waals surface area contributed by atoms with Crippen molar-refractivity contribution in [2.45, 2.75) is 58.4 Å². The van der Waals surface area contributed by atoms with Gasteiger partial charge in [0.25, 0.3) is 0 Å². The Bertz CT molecular complexity index is 456. The zero-order chi connectivity index (χ0) is 15.6. The van der Waals surface area contributed by atoms with Crippen LogP contribution in [-0.2, 0) is 12.5 Å². The lowest BCUT2D eigenvalue weighted by Gasteiger charge is -2.41. The largest absolute Gasteiger partial charge is 0.330 e. The zero-order valence-electron chi connectivity index (χ0n) is 14.4. The van der Waals surface area contributed by atoms with Crippen LogP contribution in [0, 0.1) is 5.92 Å². The van der Waals surface area contributed by atoms with Gasteiger partial charge in [-0.25, -0.2) is 0 Å². The Morgan fingerprint density at radius 3 is 2.67 bits per heavy atom. The first-order valence-electron chi connectivity index (χ1n) is 8.36. The molecule has 2 heterocycles. The summed E-state index contributed by atoms with van der Waals surface area (Å²) in [6, 6.07) is 0.437. The summed E-state index contributed by atoms with van der Waals surface area (Å²) in [5, 5.41) is 4.77. The van der Waals surface area contributed by atoms with E-state index in [-0.39, 0.29) is 5.41 Å². The van der Waals surface area contributed by atoms with Crippen LogP contribution in [0.5, 0.6) is 0 Å². The highest BCUT2D eigenvalue weighted by atomic mass is 15.3. The van der Waals surface area contributed by atoms with Gasteiger partial charge < -0.3 is 5.73 Å². The van der Waals surface area contributed by atoms with Crippen molar-refractivity contribution in [1.29, 1.82) is 0 Å². The standard InChI is InChI=1S/C17H32N4/c1-6-9-21-10-7-8-13(11-18)15(21)14-12-20(5)19-16(14)17(2,3)4/h12-13,15H,6-11,18H2,1-5H3. The molecule has 2 N–H and O–H groups in total. The van der Waals surface area contributed by atoms with Crippen molar-refractivity contribution in [1.82, 2.24) is 14.7 Å². The molecule has 2 atom stereocenters. The van der Waals surface area contributed by atoms with Crippen LogP contribution in [0.15, 0.2) is 6.20 Å². The number of piperidine rings is 1. The minimum atomic E-state index is 0.0745. The Labute approximate surface area is 129 Å². The van der Waals surface area contributed by atoms with Gasteiger partial charge in [-0.1, -0.05) is 27.7 Å². The first kappa shape index (κ1) is 16.5. The Kier molecular flexibility index (Phi) is 5.10. The number of nitrogens with two attached hydrogens (primary N) is 1. The van der Waals surface area contributed by atoms with E-state index in [1.54, 1.807) is 0 Å². The van der Waals surface area contributed by atoms with Crippen molar-refractivity contribution < 1.29 is 0 Å². The normalized spacial score (nSPS) is 24.5. The monoisotopic (exact) mass is 292 g/mol. The van der Waals surface area contributed by atoms with Gasteiger partial charge in [0.05, 0.1) is 5.69 Å². The fourth-order valence-corrected chi connectivity index (χ4v) is 3.69. The van der Waals surface area contributed by atoms with Crippen molar-refractivity contribution in [2.24, 2.45) is 18.7 Å². The van der Waals surface area contributed by atoms with E-state index in [0.29, 0.717) is 12.0 Å². The smallest absolute Gasteiger partial charge is 0.0725 e. The molecule has 1 aromatic heterocycles. The quantitative estimate of drug-likeness (QED) is 0.928. The van der Waals surface area contributed by atoms with Gasteiger partial charge in [0.1, 0.15) is 0 Å². The van der Waals surface area contributed by atoms with E-state index in [0.717, 1.165) is 13.1 Å². The number of aromatic nitrogens is 2. The van der Waals surface area contributed by atoms with E-state index in [9.17, 15) is 0 Å². The number of likely N-dealkylation sites (tertiary alicyclic amines) is 1. The maximum absolute atomic E-state index is 6.10. The number of nitrogens with zero attached hydrogens (tertiary/aromatic N) is 3. The van der Waals surface area contributed by atoms with Gasteiger partial charge in [-0.2, -0.15) is 5.10 Å². The third kappa shape index (κ3) is 3.49. The third-order valence-electron chi connectivity index (χ3n) is 4.56. The van der Waals surface area contributed by atoms with Gasteiger partial charge in [0.2, 0.25) is 0 Å². The highest BCUT2D eigenvalue weighted by Gasteiger charge is 2.36. The molecule has 2 unspecified atom stereocenters. The van der Waals surface area contributed by atoms with Crippen molar-refractivity contribution in [3.8, 4) is 0 Å². The van der Waals surface area contributed by atoms with Crippen molar-refractivity contribution in [2.75, 3.05) is 19.6 Å². The van der Waals surface area contributed by atoms with Crippen LogP contribution in [0.2, 0.25) is 0 Å². The van der Waals surface area contributed by atoms with Gasteiger partial charge in [0.15, 0.2) is 0 Å². The molecule has 0 bridgehead atoms. The molecule has 120 valence electrons. The van der Waals surface area contributed by atoms with Crippen LogP contribution >= 0.6 is 0 Å². The topological polar surface area (TPSA) is 47.1 Å². The average molecular weight is 292 g/mol. The Morgan fingerprint density at radius 1 is 1.38 bits per heavy atom. The Morgan fingerprint density at radius 2 is 2.10 bits per heavy atom. The minimum Gasteiger partial charge on any atom is -0.330 e. The molecule has 0 aromatic carbocycles. The van der Waals surface area contributed by atoms with Crippen molar-refractivity contribution in [3.05, 3.63) is 17.5 Å². The van der Waals surface area contributed by atoms with Gasteiger partial charge in [-0.3, -0.25) is 9.58 Å². The summed E-state index contributed by atoms with van der Waals surface area (Å²) in [4.78, 5) is 2.63. The summed E-state index contributed by atoms with van der Waals surface area (Å²) < 4.78 is 1.97. The molecule has 1 aliphatic rings. The van der Waals surface area contributed by atoms with Gasteiger partial charge in [0, 0.05) is 30.3 Å². The van der Waals surface area contributed by atoms with Crippen LogP contribution in [0.4, 0.5) is 0 Å². The molecule has 0 spiro atoms. The van der Waals surface area contributed by atoms with Gasteiger partial charge in [-0.15, -0.1) is 0 Å². The van der Waals surface area contributed by atoms with Gasteiger partial charge in [-0.05, 0) is 44.8 Å². The third-order valence-corrected chi connectivity index (χ3v) is 4.56. The molecule has 0 aliphatic carbocycles. The zero-order valence-corrected chi connectivity index (χ0v) is 14.4. The molecule has 2 rings (SSSR count). The molecule has 1 aliphatic heterocycles. The molecular weight excluding hydrogens is 260 g/mol. The first-order chi connectivity index (χ1) is 9.88. The maximum atomic E-state index is 6.10. The second kappa shape index (κ2) is 6.49. The van der Waals surface area contributed by atoms with E-state index in [4.69, 9.17) is 10.8 Å². The molecule has 21 heavy (non-hydrogen) atoms. The summed E-state index contributed by atoms with van der Waals surface area (Å²) in [6.07, 6.45) is 5.92. The van der Waals surface area contributed by atoms with Crippen molar-refractivity contribution in [3.63, 3.8) is 0 Å². The second-order valence-electron chi connectivity index (χ2n) is 7.48. The summed E-state index contributed by atoms with van der Waals surface area (Å²) in [7, 11) is 2.03. The van der Waals surface area contributed by atoms with Crippen LogP contribution < -0.4 is 5.73 Å². The van der Waals surface area contributed by atoms with Gasteiger partial charge >= 0.3 is 0 Å². The van der Waals surface area contributed by atoms with E-state index in [1.807, 2.05) is 11.7 Å². The molecule has 1 fully saturated rings. The second-order valence-corrected chi connectivity index (χ2v) is 7.48. The number of rotatable bonds is 4. The summed E-state index contributed by atoms with van der Waals surface area (Å²) in [6.45, 7) is 12.1. The molecule has 1 aromatic rings. The molecule has 0 radical (unpaired) electrons. The number of aryl methyl sites for hydroxylation is 1. The summed E-state index contributed by atoms with van der Waals surface area (Å²) >= 11 is 0. The minimum absolute atomic E-state index is 0.0745. The summed E-state index contributed by atoms with van der Waals surface area (Å²) in [5.74, 6) is 0.551. The van der Waals surface area contributed by atoms with E-state index < -0.39 is 0 Å². The Hall–Kier alpha value is -0.870. The lowest BCUT2D eigenvalue weighted by molar-refractivity contribution is 0.0947. The van der Waals surface area contributed by atoms with Crippen LogP contribution in [0.3, 0.4) is 0 Å². The van der Waals surface area contributed by atoms with Crippen LogP contribution in [0.25, 0.3) is 0 Å². The molecular formula is C17H32N4. The number of hydrogen-bond acceptors (Lipinski definition) is 3. The fourth-order valence-electron chi connectivity index (χ4n) is 3.69. The lowest BCUT2D eigenvalue weighted by Crippen LogP contribution is -2.42. The summed E-state index contributed by atoms with van der Waals surface area (Å²) in [5.41, 5.74) is 8.81. The highest BCUT2D eigenvalue weighted by molar-refractivity contribution is 5.28.